The fraction of sp³-hybridized carbons (Fsp3) is 0. The second-order valence-electron chi connectivity index (χ2n) is 5.97. The van der Waals surface area contributed by atoms with Crippen molar-refractivity contribution in [2.75, 3.05) is 5.32 Å². The van der Waals surface area contributed by atoms with Gasteiger partial charge in [-0.3, -0.25) is 4.98 Å². The number of aromatic carboxylic acids is 1. The predicted molar refractivity (Wildman–Crippen MR) is 110 cm³/mol. The van der Waals surface area contributed by atoms with Crippen LogP contribution >= 0.6 is 11.6 Å². The molecule has 29 heavy (non-hydrogen) atoms. The van der Waals surface area contributed by atoms with Crippen molar-refractivity contribution in [2.24, 2.45) is 0 Å². The third kappa shape index (κ3) is 4.38. The van der Waals surface area contributed by atoms with Gasteiger partial charge in [0.2, 0.25) is 0 Å². The maximum atomic E-state index is 14.1. The zero-order valence-corrected chi connectivity index (χ0v) is 16.0. The molecule has 0 bridgehead atoms. The van der Waals surface area contributed by atoms with E-state index < -0.39 is 11.8 Å². The van der Waals surface area contributed by atoms with Crippen molar-refractivity contribution >= 4 is 58.7 Å². The van der Waals surface area contributed by atoms with Crippen LogP contribution in [0.2, 0.25) is 5.02 Å². The Bertz CT molecular complexity index is 1220. The van der Waals surface area contributed by atoms with Crippen molar-refractivity contribution in [3.05, 3.63) is 77.3 Å². The first kappa shape index (κ1) is 20.7. The number of fused-ring (bicyclic) bond motifs is 1. The normalized spacial score (nSPS) is 10.4. The molecule has 0 aliphatic rings. The zero-order valence-electron chi connectivity index (χ0n) is 15.2. The summed E-state index contributed by atoms with van der Waals surface area (Å²) in [4.78, 5) is 15.4. The molecule has 0 aliphatic carbocycles. The molecule has 6 nitrogen and oxygen atoms in total. The van der Waals surface area contributed by atoms with Gasteiger partial charge in [0.1, 0.15) is 5.82 Å². The molecule has 2 aromatic carbocycles. The van der Waals surface area contributed by atoms with Crippen molar-refractivity contribution in [2.45, 2.75) is 0 Å². The number of hydrogen-bond donors (Lipinski definition) is 2. The van der Waals surface area contributed by atoms with Gasteiger partial charge in [-0.2, -0.15) is 10.2 Å². The Morgan fingerprint density at radius 1 is 1.10 bits per heavy atom. The minimum absolute atomic E-state index is 0. The summed E-state index contributed by atoms with van der Waals surface area (Å²) in [6.45, 7) is 0. The van der Waals surface area contributed by atoms with E-state index in [2.05, 4.69) is 20.5 Å². The molecule has 2 heterocycles. The van der Waals surface area contributed by atoms with E-state index >= 15 is 0 Å². The molecular formula is C20H12ClFLiN4O2. The SMILES string of the molecule is O=C(O)c1ccc2c(Nc3cnnc(-c4cc(Cl)ccc4F)c3)ccnc2c1.[Li]. The van der Waals surface area contributed by atoms with E-state index in [4.69, 9.17) is 16.7 Å². The van der Waals surface area contributed by atoms with Crippen LogP contribution in [0, 0.1) is 5.82 Å². The molecule has 139 valence electrons. The van der Waals surface area contributed by atoms with E-state index in [1.807, 2.05) is 0 Å². The van der Waals surface area contributed by atoms with Gasteiger partial charge in [0.25, 0.3) is 0 Å². The molecule has 4 aromatic rings. The Labute approximate surface area is 181 Å². The molecule has 0 unspecified atom stereocenters. The van der Waals surface area contributed by atoms with Crippen molar-refractivity contribution in [3.63, 3.8) is 0 Å². The van der Waals surface area contributed by atoms with E-state index in [0.717, 1.165) is 5.39 Å². The summed E-state index contributed by atoms with van der Waals surface area (Å²) in [7, 11) is 0. The monoisotopic (exact) mass is 401 g/mol. The van der Waals surface area contributed by atoms with Crippen LogP contribution in [0.15, 0.2) is 60.9 Å². The van der Waals surface area contributed by atoms with Gasteiger partial charge in [-0.25, -0.2) is 9.18 Å². The average Bonchev–Trinajstić information content (AvgIpc) is 2.70. The summed E-state index contributed by atoms with van der Waals surface area (Å²) in [5, 5.41) is 21.4. The number of carboxylic acid groups (broad SMARTS) is 1. The smallest absolute Gasteiger partial charge is 0.335 e. The van der Waals surface area contributed by atoms with Crippen molar-refractivity contribution in [1.82, 2.24) is 15.2 Å². The molecule has 4 rings (SSSR count). The molecular weight excluding hydrogens is 390 g/mol. The first-order valence-corrected chi connectivity index (χ1v) is 8.56. The second kappa shape index (κ2) is 8.58. The van der Waals surface area contributed by atoms with Crippen LogP contribution in [0.4, 0.5) is 15.8 Å². The average molecular weight is 402 g/mol. The van der Waals surface area contributed by atoms with Crippen LogP contribution < -0.4 is 5.32 Å². The molecule has 2 N–H and O–H groups in total. The topological polar surface area (TPSA) is 88.0 Å². The van der Waals surface area contributed by atoms with Crippen molar-refractivity contribution < 1.29 is 14.3 Å². The molecule has 0 aliphatic heterocycles. The number of nitrogens with one attached hydrogen (secondary N) is 1. The van der Waals surface area contributed by atoms with Gasteiger partial charge in [0.05, 0.1) is 28.7 Å². The maximum absolute atomic E-state index is 14.1. The van der Waals surface area contributed by atoms with Crippen LogP contribution in [-0.2, 0) is 0 Å². The van der Waals surface area contributed by atoms with Gasteiger partial charge in [-0.15, -0.1) is 0 Å². The summed E-state index contributed by atoms with van der Waals surface area (Å²) >= 11 is 5.96. The van der Waals surface area contributed by atoms with Gasteiger partial charge in [-0.1, -0.05) is 11.6 Å². The molecule has 1 radical (unpaired) electrons. The molecule has 2 aromatic heterocycles. The largest absolute Gasteiger partial charge is 0.478 e. The van der Waals surface area contributed by atoms with E-state index in [1.165, 1.54) is 36.5 Å². The van der Waals surface area contributed by atoms with Gasteiger partial charge in [-0.05, 0) is 48.5 Å². The Balaban J connectivity index is 0.00000240. The minimum atomic E-state index is -1.02. The molecule has 0 fully saturated rings. The summed E-state index contributed by atoms with van der Waals surface area (Å²) in [6, 6.07) is 12.3. The molecule has 0 saturated carbocycles. The number of halogens is 2. The van der Waals surface area contributed by atoms with Gasteiger partial charge >= 0.3 is 5.97 Å². The number of nitrogens with zero attached hydrogens (tertiary/aromatic N) is 3. The minimum Gasteiger partial charge on any atom is -0.478 e. The van der Waals surface area contributed by atoms with E-state index in [1.54, 1.807) is 24.4 Å². The Morgan fingerprint density at radius 2 is 1.93 bits per heavy atom. The standard InChI is InChI=1S/C20H12ClFN4O2.Li/c21-12-2-4-16(22)15(8-12)19-9-13(10-24-26-19)25-17-5-6-23-18-7-11(20(27)28)1-3-14(17)18;/h1-10H,(H,27,28)(H,23,25,26);. The Kier molecular flexibility index (Phi) is 6.14. The Hall–Kier alpha value is -2.98. The number of anilines is 2. The van der Waals surface area contributed by atoms with Crippen LogP contribution in [-0.4, -0.2) is 45.1 Å². The first-order valence-electron chi connectivity index (χ1n) is 8.18. The summed E-state index contributed by atoms with van der Waals surface area (Å²) in [5.41, 5.74) is 2.55. The fourth-order valence-corrected chi connectivity index (χ4v) is 2.98. The molecule has 0 saturated heterocycles. The molecule has 0 atom stereocenters. The van der Waals surface area contributed by atoms with Crippen molar-refractivity contribution in [3.8, 4) is 11.3 Å². The van der Waals surface area contributed by atoms with E-state index in [0.29, 0.717) is 27.6 Å². The zero-order chi connectivity index (χ0) is 19.7. The second-order valence-corrected chi connectivity index (χ2v) is 6.41. The van der Waals surface area contributed by atoms with Crippen LogP contribution in [0.25, 0.3) is 22.2 Å². The summed E-state index contributed by atoms with van der Waals surface area (Å²) in [6.07, 6.45) is 3.08. The fourth-order valence-electron chi connectivity index (χ4n) is 2.81. The third-order valence-electron chi connectivity index (χ3n) is 4.13. The number of benzene rings is 2. The van der Waals surface area contributed by atoms with Gasteiger partial charge in [0, 0.05) is 46.7 Å². The summed E-state index contributed by atoms with van der Waals surface area (Å²) in [5.74, 6) is -1.47. The molecule has 0 amide bonds. The Morgan fingerprint density at radius 3 is 2.72 bits per heavy atom. The van der Waals surface area contributed by atoms with Gasteiger partial charge in [0.15, 0.2) is 0 Å². The first-order chi connectivity index (χ1) is 13.5. The third-order valence-corrected chi connectivity index (χ3v) is 4.36. The van der Waals surface area contributed by atoms with E-state index in [-0.39, 0.29) is 30.0 Å². The number of carbonyl (C=O) groups is 1. The number of pyridine rings is 1. The van der Waals surface area contributed by atoms with Gasteiger partial charge < -0.3 is 10.4 Å². The number of rotatable bonds is 4. The van der Waals surface area contributed by atoms with Crippen LogP contribution in [0.5, 0.6) is 0 Å². The van der Waals surface area contributed by atoms with Crippen LogP contribution in [0.3, 0.4) is 0 Å². The number of carboxylic acids is 1. The molecule has 9 heteroatoms. The predicted octanol–water partition coefficient (Wildman–Crippen LogP) is 4.55. The number of aromatic nitrogens is 3. The van der Waals surface area contributed by atoms with E-state index in [9.17, 15) is 9.18 Å². The summed E-state index contributed by atoms with van der Waals surface area (Å²) < 4.78 is 14.1. The van der Waals surface area contributed by atoms with Crippen LogP contribution in [0.1, 0.15) is 10.4 Å². The quantitative estimate of drug-likeness (QED) is 0.488. The number of hydrogen-bond acceptors (Lipinski definition) is 5. The maximum Gasteiger partial charge on any atom is 0.335 e. The molecule has 0 spiro atoms. The van der Waals surface area contributed by atoms with Crippen molar-refractivity contribution in [1.29, 1.82) is 0 Å².